The molecule has 0 amide bonds. The standard InChI is InChI=1S/C27H26N8O2.C26H24N8O8.C26H24N8O4.3CO2/c1-17-11-18-7-9-22(13-24(18)28-17)34-15-20(29-31-34)5-4-6-21-16-35(32-30-21)23-10-8-19-12-26(27(36)37-3)33(2)25(19)14-23;1-16(35)10-17-6-8-21(12-23(17)33(38)39)31-14-19(27-29-31)4-3-5-20-15-32(30-28-20)22-9-7-18(24(13-22)34(40)41)11-25(36)26(37)42-2;1-16-10-17-6-8-21(12-23(17)33(16)36)31-14-19(27-29-31)4-3-5-20-15-32(30-28-20)22-9-7-18-11-25(26(35)38-2)34(37)24(18)13-22;3*2-1-3/h7-16,28H,4-6H2,1-3H3;6-9,12-15H,3-5,10-11H2,1-2H3;6-15,36-37H,3-5H2,1-2H3;;;. The first-order valence-corrected chi connectivity index (χ1v) is 37.8. The number of carbonyl (C=O) groups excluding carboxylic acids is 11. The van der Waals surface area contributed by atoms with Crippen molar-refractivity contribution in [1.82, 2.24) is 109 Å². The van der Waals surface area contributed by atoms with E-state index in [2.05, 4.69) is 103 Å². The maximum atomic E-state index is 12.0. The van der Waals surface area contributed by atoms with E-state index < -0.39 is 34.0 Å². The molecule has 0 fully saturated rings. The van der Waals surface area contributed by atoms with E-state index in [1.807, 2.05) is 103 Å². The third kappa shape index (κ3) is 21.6. The maximum Gasteiger partial charge on any atom is 0.374 e. The van der Waals surface area contributed by atoms with Gasteiger partial charge in [0.2, 0.25) is 5.78 Å². The second kappa shape index (κ2) is 41.1. The molecule has 642 valence electrons. The number of aromatic nitrogens is 22. The summed E-state index contributed by atoms with van der Waals surface area (Å²) >= 11 is 0. The van der Waals surface area contributed by atoms with E-state index in [1.54, 1.807) is 50.7 Å². The summed E-state index contributed by atoms with van der Waals surface area (Å²) in [7, 11) is 5.55. The molecule has 0 aliphatic carbocycles. The fourth-order valence-corrected chi connectivity index (χ4v) is 13.4. The number of carbonyl (C=O) groups is 5. The smallest absolute Gasteiger partial charge is 0.374 e. The second-order valence-electron chi connectivity index (χ2n) is 27.8. The van der Waals surface area contributed by atoms with Gasteiger partial charge in [-0.2, -0.15) is 38.2 Å². The number of Topliss-reactive ketones (excluding diaryl/α,β-unsaturated/α-hetero) is 2. The molecule has 0 unspecified atom stereocenters. The summed E-state index contributed by atoms with van der Waals surface area (Å²) in [5.41, 5.74) is 14.4. The summed E-state index contributed by atoms with van der Waals surface area (Å²) in [5, 5.41) is 98.0. The van der Waals surface area contributed by atoms with Crippen molar-refractivity contribution in [2.75, 3.05) is 21.3 Å². The van der Waals surface area contributed by atoms with Gasteiger partial charge in [0.15, 0.2) is 5.69 Å². The molecule has 0 radical (unpaired) electrons. The molecule has 44 nitrogen and oxygen atoms in total. The number of benzene rings is 6. The second-order valence-corrected chi connectivity index (χ2v) is 27.8. The van der Waals surface area contributed by atoms with Crippen LogP contribution >= 0.6 is 0 Å². The number of H-pyrrole nitrogens is 1. The highest BCUT2D eigenvalue weighted by atomic mass is 16.6. The zero-order valence-corrected chi connectivity index (χ0v) is 68.0. The number of nitro benzene ring substituents is 2. The molecule has 0 bridgehead atoms. The van der Waals surface area contributed by atoms with Crippen LogP contribution in [0.25, 0.3) is 77.7 Å². The minimum Gasteiger partial charge on any atom is -0.464 e. The molecule has 10 aromatic heterocycles. The predicted octanol–water partition coefficient (Wildman–Crippen LogP) is 8.10. The number of fused-ring (bicyclic) bond motifs is 4. The third-order valence-electron chi connectivity index (χ3n) is 19.4. The highest BCUT2D eigenvalue weighted by Crippen LogP contribution is 2.30. The summed E-state index contributed by atoms with van der Waals surface area (Å²) in [6, 6.07) is 39.4. The average Bonchev–Trinajstić information content (AvgIpc) is 1.64. The van der Waals surface area contributed by atoms with Crippen molar-refractivity contribution in [1.29, 1.82) is 0 Å². The molecule has 16 rings (SSSR count). The normalized spacial score (nSPS) is 10.7. The minimum absolute atomic E-state index is 0.0376. The Bertz CT molecular complexity index is 6800. The van der Waals surface area contributed by atoms with E-state index in [0.717, 1.165) is 116 Å². The number of nitrogens with one attached hydrogen (secondary N) is 1. The van der Waals surface area contributed by atoms with E-state index in [1.165, 1.54) is 71.0 Å². The van der Waals surface area contributed by atoms with Gasteiger partial charge in [0.1, 0.15) is 11.5 Å². The van der Waals surface area contributed by atoms with Crippen LogP contribution in [-0.4, -0.2) is 198 Å². The van der Waals surface area contributed by atoms with Gasteiger partial charge in [-0.3, -0.25) is 29.8 Å². The van der Waals surface area contributed by atoms with Crippen molar-refractivity contribution in [3.05, 3.63) is 259 Å². The number of nitro groups is 2. The molecule has 0 saturated heterocycles. The van der Waals surface area contributed by atoms with Crippen LogP contribution in [0.1, 0.15) is 104 Å². The van der Waals surface area contributed by atoms with Crippen molar-refractivity contribution in [3.63, 3.8) is 0 Å². The molecule has 10 heterocycles. The lowest BCUT2D eigenvalue weighted by Crippen LogP contribution is -2.18. The van der Waals surface area contributed by atoms with Crippen LogP contribution in [0.3, 0.4) is 0 Å². The number of nitrogens with zero attached hydrogens (tertiary/aromatic N) is 23. The first-order valence-electron chi connectivity index (χ1n) is 37.8. The number of ether oxygens (including phenoxy) is 3. The van der Waals surface area contributed by atoms with Gasteiger partial charge in [0.25, 0.3) is 11.4 Å². The van der Waals surface area contributed by atoms with Crippen LogP contribution in [0.15, 0.2) is 171 Å². The quantitative estimate of drug-likeness (QED) is 0.0109. The van der Waals surface area contributed by atoms with E-state index in [4.69, 9.17) is 38.2 Å². The van der Waals surface area contributed by atoms with Crippen molar-refractivity contribution < 1.29 is 87.2 Å². The van der Waals surface area contributed by atoms with Gasteiger partial charge in [-0.05, 0) is 181 Å². The lowest BCUT2D eigenvalue weighted by Gasteiger charge is -2.05. The molecule has 0 aliphatic heterocycles. The minimum atomic E-state index is -1.08. The lowest BCUT2D eigenvalue weighted by atomic mass is 10.1. The number of rotatable bonds is 27. The Morgan fingerprint density at radius 2 is 0.738 bits per heavy atom. The van der Waals surface area contributed by atoms with E-state index in [-0.39, 0.29) is 59.3 Å². The Kier molecular flexibility index (Phi) is 29.1. The molecular formula is C82H74N24O20. The van der Waals surface area contributed by atoms with Gasteiger partial charge >= 0.3 is 36.4 Å². The van der Waals surface area contributed by atoms with Gasteiger partial charge < -0.3 is 34.2 Å². The molecule has 0 atom stereocenters. The monoisotopic (exact) mass is 1710 g/mol. The molecule has 16 aromatic rings. The van der Waals surface area contributed by atoms with Crippen molar-refractivity contribution in [2.24, 2.45) is 7.05 Å². The van der Waals surface area contributed by atoms with Crippen LogP contribution in [0.2, 0.25) is 0 Å². The van der Waals surface area contributed by atoms with Crippen LogP contribution in [0.5, 0.6) is 0 Å². The fourth-order valence-electron chi connectivity index (χ4n) is 13.4. The number of hydrogen-bond acceptors (Lipinski definition) is 32. The van der Waals surface area contributed by atoms with Crippen molar-refractivity contribution >= 4 is 103 Å². The molecule has 126 heavy (non-hydrogen) atoms. The number of hydrogen-bond donors (Lipinski definition) is 3. The molecule has 44 heteroatoms. The van der Waals surface area contributed by atoms with Crippen LogP contribution < -0.4 is 0 Å². The molecule has 0 saturated carbocycles. The van der Waals surface area contributed by atoms with Crippen molar-refractivity contribution in [3.8, 4) is 34.1 Å². The summed E-state index contributed by atoms with van der Waals surface area (Å²) in [6.45, 7) is 5.27. The summed E-state index contributed by atoms with van der Waals surface area (Å²) < 4.78 is 27.5. The van der Waals surface area contributed by atoms with Crippen LogP contribution in [-0.2, 0) is 116 Å². The Balaban J connectivity index is 0.000000175. The number of aryl methyl sites for hydroxylation is 9. The predicted molar refractivity (Wildman–Crippen MR) is 434 cm³/mol. The van der Waals surface area contributed by atoms with Gasteiger partial charge in [0.05, 0.1) is 159 Å². The highest BCUT2D eigenvalue weighted by molar-refractivity contribution is 6.34. The molecule has 0 aliphatic rings. The number of aromatic amines is 1. The Morgan fingerprint density at radius 1 is 0.413 bits per heavy atom. The molecule has 0 spiro atoms. The van der Waals surface area contributed by atoms with Gasteiger partial charge in [-0.1, -0.05) is 55.5 Å². The summed E-state index contributed by atoms with van der Waals surface area (Å²) in [4.78, 5) is 133. The maximum absolute atomic E-state index is 12.0. The summed E-state index contributed by atoms with van der Waals surface area (Å²) in [6.07, 6.45) is 17.5. The zero-order chi connectivity index (χ0) is 90.4. The number of esters is 3. The zero-order valence-electron chi connectivity index (χ0n) is 68.0. The topological polar surface area (TPSA) is 557 Å². The van der Waals surface area contributed by atoms with E-state index >= 15 is 0 Å². The highest BCUT2D eigenvalue weighted by Gasteiger charge is 2.25. The van der Waals surface area contributed by atoms with Gasteiger partial charge in [-0.15, -0.1) is 30.6 Å². The number of methoxy groups -OCH3 is 3. The fraction of sp³-hybridized carbons (Fsp3) is 0.220. The Morgan fingerprint density at radius 3 is 1.12 bits per heavy atom. The van der Waals surface area contributed by atoms with Crippen LogP contribution in [0, 0.1) is 34.1 Å². The lowest BCUT2D eigenvalue weighted by molar-refractivity contribution is -0.385. The molecular weight excluding hydrogens is 1640 g/mol. The van der Waals surface area contributed by atoms with E-state index in [0.29, 0.717) is 82.7 Å². The van der Waals surface area contributed by atoms with Crippen molar-refractivity contribution in [2.45, 2.75) is 91.4 Å². The van der Waals surface area contributed by atoms with Gasteiger partial charge in [0, 0.05) is 70.5 Å². The Hall–Kier alpha value is -17.4. The number of ketones is 2. The van der Waals surface area contributed by atoms with Crippen LogP contribution in [0.4, 0.5) is 11.4 Å². The summed E-state index contributed by atoms with van der Waals surface area (Å²) in [5.74, 6) is -3.15. The average molecular weight is 1720 g/mol. The van der Waals surface area contributed by atoms with Gasteiger partial charge in [-0.25, -0.2) is 42.5 Å². The van der Waals surface area contributed by atoms with E-state index in [9.17, 15) is 54.6 Å². The first kappa shape index (κ1) is 89.4. The molecule has 3 N–H and O–H groups in total. The third-order valence-corrected chi connectivity index (χ3v) is 19.4. The largest absolute Gasteiger partial charge is 0.464 e. The molecule has 6 aromatic carbocycles. The first-order chi connectivity index (χ1) is 60.7. The Labute approximate surface area is 708 Å². The SMILES string of the molecule is COC(=O)C(=O)Cc1ccc(-n2cc(CCCc3cn(-c4ccc(CC(C)=O)c([N+](=O)[O-])c4)nn3)nn2)cc1[N+](=O)[O-].COC(=O)c1cc2ccc(-n3cc(CCCc4cn(-c5ccc6cc(C)[nH]c6c5)nn4)nn3)cc2n1C.COC(=O)c1cc2ccc(-n3cc(CCCc4cn(-c5ccc6cc(C)n(O)c6c5)nn4)nn3)cc2n1O.O=C=O.O=C=O.O=C=O.